The number of carbonyl (C=O) groups excluding carboxylic acids is 1. The van der Waals surface area contributed by atoms with Crippen molar-refractivity contribution >= 4 is 6.09 Å². The van der Waals surface area contributed by atoms with Crippen LogP contribution in [0.3, 0.4) is 0 Å². The largest absolute Gasteiger partial charge is 0.449 e. The average molecular weight is 421 g/mol. The Balaban J connectivity index is 1.44. The van der Waals surface area contributed by atoms with Crippen LogP contribution in [0.15, 0.2) is 48.5 Å². The first-order valence-corrected chi connectivity index (χ1v) is 9.60. The second-order valence-electron chi connectivity index (χ2n) is 7.94. The molecule has 2 aromatic rings. The number of alkyl halides is 3. The molecule has 5 nitrogen and oxygen atoms in total. The van der Waals surface area contributed by atoms with Crippen LogP contribution in [0.25, 0.3) is 11.1 Å². The van der Waals surface area contributed by atoms with E-state index in [9.17, 15) is 23.1 Å². The molecule has 0 aliphatic heterocycles. The smallest absolute Gasteiger partial charge is 0.417 e. The van der Waals surface area contributed by atoms with Gasteiger partial charge < -0.3 is 19.9 Å². The maximum atomic E-state index is 13.3. The second kappa shape index (κ2) is 7.28. The number of fused-ring (bicyclic) bond motifs is 3. The van der Waals surface area contributed by atoms with Crippen molar-refractivity contribution in [3.8, 4) is 11.1 Å². The molecule has 1 amide bonds. The zero-order valence-corrected chi connectivity index (χ0v) is 16.3. The Morgan fingerprint density at radius 3 is 2.10 bits per heavy atom. The summed E-state index contributed by atoms with van der Waals surface area (Å²) in [4.78, 5) is 12.4. The summed E-state index contributed by atoms with van der Waals surface area (Å²) in [5, 5.41) is 12.0. The minimum atomic E-state index is -4.59. The first kappa shape index (κ1) is 20.7. The Kier molecular flexibility index (Phi) is 5.02. The predicted octanol–water partition coefficient (Wildman–Crippen LogP) is 4.00. The molecule has 2 aromatic carbocycles. The van der Waals surface area contributed by atoms with E-state index in [1.165, 1.54) is 0 Å². The van der Waals surface area contributed by atoms with Crippen LogP contribution in [0.1, 0.15) is 29.9 Å². The number of nitrogens with one attached hydrogen (secondary N) is 1. The monoisotopic (exact) mass is 421 g/mol. The number of benzene rings is 2. The van der Waals surface area contributed by atoms with Crippen LogP contribution in [-0.4, -0.2) is 48.8 Å². The van der Waals surface area contributed by atoms with Crippen molar-refractivity contribution in [2.24, 2.45) is 0 Å². The molecule has 0 heterocycles. The van der Waals surface area contributed by atoms with Crippen LogP contribution < -0.4 is 5.32 Å². The van der Waals surface area contributed by atoms with Gasteiger partial charge in [0.15, 0.2) is 5.60 Å². The lowest BCUT2D eigenvalue weighted by Crippen LogP contribution is -2.72. The van der Waals surface area contributed by atoms with Crippen molar-refractivity contribution in [2.75, 3.05) is 20.3 Å². The topological polar surface area (TPSA) is 67.8 Å². The molecule has 8 heteroatoms. The molecule has 2 N–H and O–H groups in total. The molecule has 2 aliphatic carbocycles. The van der Waals surface area contributed by atoms with Crippen molar-refractivity contribution in [3.05, 3.63) is 59.7 Å². The summed E-state index contributed by atoms with van der Waals surface area (Å²) >= 11 is 0. The number of hydrogen-bond donors (Lipinski definition) is 2. The van der Waals surface area contributed by atoms with Gasteiger partial charge in [-0.3, -0.25) is 0 Å². The van der Waals surface area contributed by atoms with Gasteiger partial charge >= 0.3 is 12.3 Å². The standard InChI is InChI=1S/C22H22F3NO4/c1-29-21(22(23,24)25)11-20(12-21,13-27)26-19(28)30-10-18-16-8-4-2-6-14(16)15-7-3-5-9-17(15)18/h2-9,18,27H,10-13H2,1H3,(H,26,28). The summed E-state index contributed by atoms with van der Waals surface area (Å²) in [5.74, 6) is -0.164. The lowest BCUT2D eigenvalue weighted by Gasteiger charge is -2.54. The number of rotatable bonds is 5. The Morgan fingerprint density at radius 1 is 1.10 bits per heavy atom. The van der Waals surface area contributed by atoms with E-state index in [1.807, 2.05) is 48.5 Å². The Hall–Kier alpha value is -2.58. The lowest BCUT2D eigenvalue weighted by atomic mass is 9.64. The molecular formula is C22H22F3NO4. The highest BCUT2D eigenvalue weighted by atomic mass is 19.4. The average Bonchev–Trinajstić information content (AvgIpc) is 3.02. The van der Waals surface area contributed by atoms with Crippen molar-refractivity contribution in [1.82, 2.24) is 5.32 Å². The van der Waals surface area contributed by atoms with Crippen LogP contribution >= 0.6 is 0 Å². The fraction of sp³-hybridized carbons (Fsp3) is 0.409. The lowest BCUT2D eigenvalue weighted by molar-refractivity contribution is -0.316. The number of halogens is 3. The van der Waals surface area contributed by atoms with Gasteiger partial charge in [0.1, 0.15) is 6.61 Å². The molecule has 4 rings (SSSR count). The minimum Gasteiger partial charge on any atom is -0.449 e. The molecular weight excluding hydrogens is 399 g/mol. The number of hydrogen-bond acceptors (Lipinski definition) is 4. The maximum Gasteiger partial charge on any atom is 0.417 e. The maximum absolute atomic E-state index is 13.3. The van der Waals surface area contributed by atoms with Gasteiger partial charge in [0.05, 0.1) is 12.1 Å². The third-order valence-electron chi connectivity index (χ3n) is 6.17. The number of ether oxygens (including phenoxy) is 2. The number of alkyl carbamates (subject to hydrolysis) is 1. The van der Waals surface area contributed by atoms with Crippen molar-refractivity contribution < 1.29 is 32.5 Å². The Labute approximate surface area is 171 Å². The normalized spacial score (nSPS) is 25.2. The quantitative estimate of drug-likeness (QED) is 0.766. The van der Waals surface area contributed by atoms with Crippen LogP contribution in [0.4, 0.5) is 18.0 Å². The number of aliphatic hydroxyl groups excluding tert-OH is 1. The van der Waals surface area contributed by atoms with E-state index in [0.29, 0.717) is 0 Å². The molecule has 1 fully saturated rings. The van der Waals surface area contributed by atoms with Gasteiger partial charge in [0.25, 0.3) is 0 Å². The van der Waals surface area contributed by atoms with Crippen molar-refractivity contribution in [1.29, 1.82) is 0 Å². The SMILES string of the molecule is COC1(C(F)(F)F)CC(CO)(NC(=O)OCC2c3ccccc3-c3ccccc32)C1. The van der Waals surface area contributed by atoms with Gasteiger partial charge in [-0.2, -0.15) is 13.2 Å². The van der Waals surface area contributed by atoms with Crippen LogP contribution in [0.2, 0.25) is 0 Å². The minimum absolute atomic E-state index is 0.0378. The summed E-state index contributed by atoms with van der Waals surface area (Å²) in [6.45, 7) is -0.603. The molecule has 2 aliphatic rings. The van der Waals surface area contributed by atoms with E-state index in [0.717, 1.165) is 29.4 Å². The summed E-state index contributed by atoms with van der Waals surface area (Å²) in [7, 11) is 0.974. The fourth-order valence-corrected chi connectivity index (χ4v) is 4.59. The number of amides is 1. The molecule has 0 aromatic heterocycles. The first-order chi connectivity index (χ1) is 14.2. The predicted molar refractivity (Wildman–Crippen MR) is 103 cm³/mol. The molecule has 0 bridgehead atoms. The van der Waals surface area contributed by atoms with E-state index >= 15 is 0 Å². The van der Waals surface area contributed by atoms with Crippen molar-refractivity contribution in [3.63, 3.8) is 0 Å². The Morgan fingerprint density at radius 2 is 1.63 bits per heavy atom. The molecule has 1 saturated carbocycles. The first-order valence-electron chi connectivity index (χ1n) is 9.60. The molecule has 0 spiro atoms. The van der Waals surface area contributed by atoms with E-state index < -0.39 is 42.9 Å². The highest BCUT2D eigenvalue weighted by molar-refractivity contribution is 5.79. The third-order valence-corrected chi connectivity index (χ3v) is 6.17. The highest BCUT2D eigenvalue weighted by Gasteiger charge is 2.69. The molecule has 0 unspecified atom stereocenters. The second-order valence-corrected chi connectivity index (χ2v) is 7.94. The number of aliphatic hydroxyl groups is 1. The molecule has 0 radical (unpaired) electrons. The fourth-order valence-electron chi connectivity index (χ4n) is 4.59. The van der Waals surface area contributed by atoms with E-state index in [-0.39, 0.29) is 12.5 Å². The van der Waals surface area contributed by atoms with Gasteiger partial charge in [0.2, 0.25) is 0 Å². The van der Waals surface area contributed by atoms with E-state index in [1.54, 1.807) is 0 Å². The van der Waals surface area contributed by atoms with Crippen LogP contribution in [-0.2, 0) is 9.47 Å². The molecule has 160 valence electrons. The van der Waals surface area contributed by atoms with Gasteiger partial charge in [-0.05, 0) is 22.3 Å². The van der Waals surface area contributed by atoms with Gasteiger partial charge in [0, 0.05) is 25.9 Å². The third kappa shape index (κ3) is 3.24. The van der Waals surface area contributed by atoms with E-state index in [2.05, 4.69) is 10.1 Å². The summed E-state index contributed by atoms with van der Waals surface area (Å²) in [6.07, 6.45) is -6.59. The molecule has 0 atom stereocenters. The van der Waals surface area contributed by atoms with Gasteiger partial charge in [-0.15, -0.1) is 0 Å². The zero-order valence-electron chi connectivity index (χ0n) is 16.3. The Bertz CT molecular complexity index is 908. The zero-order chi connectivity index (χ0) is 21.6. The highest BCUT2D eigenvalue weighted by Crippen LogP contribution is 2.53. The summed E-state index contributed by atoms with van der Waals surface area (Å²) in [6, 6.07) is 15.7. The van der Waals surface area contributed by atoms with Crippen LogP contribution in [0, 0.1) is 0 Å². The van der Waals surface area contributed by atoms with E-state index in [4.69, 9.17) is 4.74 Å². The van der Waals surface area contributed by atoms with Gasteiger partial charge in [-0.1, -0.05) is 48.5 Å². The van der Waals surface area contributed by atoms with Gasteiger partial charge in [-0.25, -0.2) is 4.79 Å². The molecule has 30 heavy (non-hydrogen) atoms. The van der Waals surface area contributed by atoms with Crippen LogP contribution in [0.5, 0.6) is 0 Å². The summed E-state index contributed by atoms with van der Waals surface area (Å²) in [5.41, 5.74) is 0.413. The number of carbonyl (C=O) groups is 1. The number of methoxy groups -OCH3 is 1. The molecule has 0 saturated heterocycles. The summed E-state index contributed by atoms with van der Waals surface area (Å²) < 4.78 is 49.8. The van der Waals surface area contributed by atoms with Crippen molar-refractivity contribution in [2.45, 2.75) is 36.1 Å².